The van der Waals surface area contributed by atoms with Crippen molar-refractivity contribution >= 4 is 22.5 Å². The Morgan fingerprint density at radius 1 is 1.14 bits per heavy atom. The number of benzene rings is 2. The van der Waals surface area contributed by atoms with Crippen LogP contribution in [-0.4, -0.2) is 10.9 Å². The average Bonchev–Trinajstić information content (AvgIpc) is 2.94. The van der Waals surface area contributed by atoms with Gasteiger partial charge >= 0.3 is 0 Å². The van der Waals surface area contributed by atoms with Crippen molar-refractivity contribution in [1.82, 2.24) is 10.3 Å². The van der Waals surface area contributed by atoms with E-state index in [1.54, 1.807) is 0 Å². The van der Waals surface area contributed by atoms with E-state index in [4.69, 9.17) is 5.73 Å². The third-order valence-electron chi connectivity index (χ3n) is 3.58. The highest BCUT2D eigenvalue weighted by Crippen LogP contribution is 2.21. The molecule has 1 heterocycles. The number of carbonyl (C=O) groups excluding carboxylic acids is 1. The van der Waals surface area contributed by atoms with E-state index < -0.39 is 0 Å². The fourth-order valence-electron chi connectivity index (χ4n) is 2.40. The van der Waals surface area contributed by atoms with Gasteiger partial charge in [-0.2, -0.15) is 0 Å². The predicted octanol–water partition coefficient (Wildman–Crippen LogP) is 3.24. The number of nitrogens with two attached hydrogens (primary N) is 1. The van der Waals surface area contributed by atoms with E-state index in [1.165, 1.54) is 0 Å². The molecule has 0 radical (unpaired) electrons. The maximum absolute atomic E-state index is 12.3. The summed E-state index contributed by atoms with van der Waals surface area (Å²) in [7, 11) is 0. The lowest BCUT2D eigenvalue weighted by atomic mass is 10.1. The molecule has 1 atom stereocenters. The number of aromatic amines is 1. The molecule has 0 aliphatic rings. The molecular weight excluding hydrogens is 262 g/mol. The third kappa shape index (κ3) is 2.60. The second kappa shape index (κ2) is 5.32. The Kier molecular flexibility index (Phi) is 3.36. The fraction of sp³-hybridized carbons (Fsp3) is 0.118. The molecule has 106 valence electrons. The molecule has 0 fully saturated rings. The van der Waals surface area contributed by atoms with E-state index in [1.807, 2.05) is 61.5 Å². The van der Waals surface area contributed by atoms with Gasteiger partial charge in [-0.15, -0.1) is 0 Å². The number of carbonyl (C=O) groups is 1. The lowest BCUT2D eigenvalue weighted by Crippen LogP contribution is -2.26. The molecule has 4 nitrogen and oxygen atoms in total. The highest BCUT2D eigenvalue weighted by molar-refractivity contribution is 6.00. The molecule has 21 heavy (non-hydrogen) atoms. The number of H-pyrrole nitrogens is 1. The van der Waals surface area contributed by atoms with Gasteiger partial charge in [-0.3, -0.25) is 4.79 Å². The van der Waals surface area contributed by atoms with Crippen molar-refractivity contribution < 1.29 is 4.79 Å². The molecule has 3 rings (SSSR count). The van der Waals surface area contributed by atoms with Crippen LogP contribution < -0.4 is 11.1 Å². The minimum atomic E-state index is -0.137. The number of hydrogen-bond acceptors (Lipinski definition) is 2. The third-order valence-corrected chi connectivity index (χ3v) is 3.58. The maximum atomic E-state index is 12.3. The van der Waals surface area contributed by atoms with Gasteiger partial charge in [0.05, 0.1) is 17.2 Å². The van der Waals surface area contributed by atoms with Gasteiger partial charge in [0.2, 0.25) is 0 Å². The van der Waals surface area contributed by atoms with Crippen molar-refractivity contribution in [3.8, 4) is 0 Å². The minimum Gasteiger partial charge on any atom is -0.397 e. The first-order valence-electron chi connectivity index (χ1n) is 6.88. The highest BCUT2D eigenvalue weighted by Gasteiger charge is 2.14. The summed E-state index contributed by atoms with van der Waals surface area (Å²) in [5.74, 6) is -0.137. The van der Waals surface area contributed by atoms with Crippen molar-refractivity contribution in [2.45, 2.75) is 13.0 Å². The molecule has 4 N–H and O–H groups in total. The summed E-state index contributed by atoms with van der Waals surface area (Å²) < 4.78 is 0. The van der Waals surface area contributed by atoms with E-state index in [2.05, 4.69) is 10.3 Å². The number of nitrogens with one attached hydrogen (secondary N) is 2. The number of nitrogen functional groups attached to an aromatic ring is 1. The van der Waals surface area contributed by atoms with Crippen LogP contribution in [0.25, 0.3) is 10.9 Å². The molecule has 0 bridgehead atoms. The number of anilines is 1. The molecule has 2 aromatic carbocycles. The lowest BCUT2D eigenvalue weighted by molar-refractivity contribution is 0.0935. The zero-order valence-corrected chi connectivity index (χ0v) is 11.8. The molecule has 0 aliphatic carbocycles. The van der Waals surface area contributed by atoms with Gasteiger partial charge in [-0.05, 0) is 24.6 Å². The van der Waals surface area contributed by atoms with Crippen molar-refractivity contribution in [2.24, 2.45) is 0 Å². The summed E-state index contributed by atoms with van der Waals surface area (Å²) in [5, 5.41) is 3.92. The number of amides is 1. The average molecular weight is 279 g/mol. The largest absolute Gasteiger partial charge is 0.397 e. The number of aromatic nitrogens is 1. The first-order chi connectivity index (χ1) is 10.1. The van der Waals surface area contributed by atoms with Gasteiger partial charge in [0, 0.05) is 5.39 Å². The number of fused-ring (bicyclic) bond motifs is 1. The summed E-state index contributed by atoms with van der Waals surface area (Å²) in [6, 6.07) is 17.2. The van der Waals surface area contributed by atoms with E-state index in [0.717, 1.165) is 16.5 Å². The summed E-state index contributed by atoms with van der Waals surface area (Å²) in [5.41, 5.74) is 8.93. The maximum Gasteiger partial charge on any atom is 0.268 e. The predicted molar refractivity (Wildman–Crippen MR) is 85.0 cm³/mol. The molecule has 0 spiro atoms. The molecule has 0 aliphatic heterocycles. The van der Waals surface area contributed by atoms with Crippen LogP contribution in [0.2, 0.25) is 0 Å². The van der Waals surface area contributed by atoms with Gasteiger partial charge in [0.25, 0.3) is 5.91 Å². The van der Waals surface area contributed by atoms with Crippen LogP contribution in [0.3, 0.4) is 0 Å². The molecule has 4 heteroatoms. The monoisotopic (exact) mass is 279 g/mol. The van der Waals surface area contributed by atoms with Crippen LogP contribution in [-0.2, 0) is 0 Å². The van der Waals surface area contributed by atoms with Crippen molar-refractivity contribution in [1.29, 1.82) is 0 Å². The number of hydrogen-bond donors (Lipinski definition) is 3. The normalized spacial score (nSPS) is 12.2. The molecule has 3 aromatic rings. The Balaban J connectivity index is 1.82. The zero-order valence-electron chi connectivity index (χ0n) is 11.8. The second-order valence-electron chi connectivity index (χ2n) is 5.10. The summed E-state index contributed by atoms with van der Waals surface area (Å²) in [6.45, 7) is 1.96. The van der Waals surface area contributed by atoms with E-state index in [0.29, 0.717) is 11.4 Å². The molecule has 0 saturated heterocycles. The van der Waals surface area contributed by atoms with Crippen LogP contribution in [0.1, 0.15) is 29.0 Å². The number of para-hydroxylation sites is 1. The molecule has 1 aromatic heterocycles. The Bertz CT molecular complexity index is 777. The summed E-state index contributed by atoms with van der Waals surface area (Å²) >= 11 is 0. The first-order valence-corrected chi connectivity index (χ1v) is 6.88. The zero-order chi connectivity index (χ0) is 14.8. The highest BCUT2D eigenvalue weighted by atomic mass is 16.1. The van der Waals surface area contributed by atoms with Gasteiger partial charge in [0.1, 0.15) is 5.69 Å². The minimum absolute atomic E-state index is 0.0533. The Morgan fingerprint density at radius 2 is 1.90 bits per heavy atom. The topological polar surface area (TPSA) is 70.9 Å². The van der Waals surface area contributed by atoms with Gasteiger partial charge < -0.3 is 16.0 Å². The molecule has 1 amide bonds. The fourth-order valence-corrected chi connectivity index (χ4v) is 2.40. The lowest BCUT2D eigenvalue weighted by Gasteiger charge is -2.13. The molecule has 0 unspecified atom stereocenters. The van der Waals surface area contributed by atoms with Crippen molar-refractivity contribution in [3.05, 3.63) is 65.9 Å². The molecule has 0 saturated carbocycles. The van der Waals surface area contributed by atoms with Gasteiger partial charge in [0.15, 0.2) is 0 Å². The first kappa shape index (κ1) is 13.2. The Labute approximate surface area is 123 Å². The number of rotatable bonds is 3. The quantitative estimate of drug-likeness (QED) is 0.644. The SMILES string of the molecule is C[C@H](NC(=O)c1cc2cccc(N)c2[nH]1)c1ccccc1. The standard InChI is InChI=1S/C17H17N3O/c1-11(12-6-3-2-4-7-12)19-17(21)15-10-13-8-5-9-14(18)16(13)20-15/h2-11,20H,18H2,1H3,(H,19,21)/t11-/m0/s1. The van der Waals surface area contributed by atoms with E-state index in [-0.39, 0.29) is 11.9 Å². The van der Waals surface area contributed by atoms with Crippen LogP contribution in [0.15, 0.2) is 54.6 Å². The van der Waals surface area contributed by atoms with Crippen LogP contribution in [0.5, 0.6) is 0 Å². The summed E-state index contributed by atoms with van der Waals surface area (Å²) in [4.78, 5) is 15.4. The van der Waals surface area contributed by atoms with Gasteiger partial charge in [-0.25, -0.2) is 0 Å². The Hall–Kier alpha value is -2.75. The second-order valence-corrected chi connectivity index (χ2v) is 5.10. The van der Waals surface area contributed by atoms with Crippen molar-refractivity contribution in [2.75, 3.05) is 5.73 Å². The smallest absolute Gasteiger partial charge is 0.268 e. The Morgan fingerprint density at radius 3 is 2.62 bits per heavy atom. The van der Waals surface area contributed by atoms with E-state index in [9.17, 15) is 4.79 Å². The van der Waals surface area contributed by atoms with Crippen LogP contribution >= 0.6 is 0 Å². The molecular formula is C17H17N3O. The van der Waals surface area contributed by atoms with Crippen LogP contribution in [0, 0.1) is 0 Å². The van der Waals surface area contributed by atoms with Crippen molar-refractivity contribution in [3.63, 3.8) is 0 Å². The van der Waals surface area contributed by atoms with E-state index >= 15 is 0 Å². The summed E-state index contributed by atoms with van der Waals surface area (Å²) in [6.07, 6.45) is 0. The van der Waals surface area contributed by atoms with Crippen LogP contribution in [0.4, 0.5) is 5.69 Å². The van der Waals surface area contributed by atoms with Gasteiger partial charge in [-0.1, -0.05) is 42.5 Å².